The zero-order valence-corrected chi connectivity index (χ0v) is 8.57. The minimum absolute atomic E-state index is 0.0955. The number of amides is 1. The van der Waals surface area contributed by atoms with E-state index >= 15 is 0 Å². The molecule has 90 valence electrons. The average Bonchev–Trinajstić information content (AvgIpc) is 2.79. The van der Waals surface area contributed by atoms with Crippen molar-refractivity contribution in [1.29, 1.82) is 0 Å². The number of aromatic nitrogens is 3. The maximum Gasteiger partial charge on any atom is 0.242 e. The van der Waals surface area contributed by atoms with Crippen LogP contribution in [-0.2, 0) is 11.3 Å². The molecule has 0 fully saturated rings. The van der Waals surface area contributed by atoms with Crippen molar-refractivity contribution in [2.75, 3.05) is 19.8 Å². The Morgan fingerprint density at radius 2 is 1.94 bits per heavy atom. The van der Waals surface area contributed by atoms with Gasteiger partial charge in [0.15, 0.2) is 0 Å². The molecule has 0 saturated carbocycles. The summed E-state index contributed by atoms with van der Waals surface area (Å²) < 4.78 is 1.28. The van der Waals surface area contributed by atoms with E-state index in [4.69, 9.17) is 15.3 Å². The van der Waals surface area contributed by atoms with E-state index in [0.717, 1.165) is 0 Å². The first-order valence-electron chi connectivity index (χ1n) is 4.62. The summed E-state index contributed by atoms with van der Waals surface area (Å²) >= 11 is 0. The van der Waals surface area contributed by atoms with E-state index in [0.29, 0.717) is 0 Å². The Bertz CT molecular complexity index is 315. The number of rotatable bonds is 6. The van der Waals surface area contributed by atoms with Crippen LogP contribution in [0.3, 0.4) is 0 Å². The van der Waals surface area contributed by atoms with Gasteiger partial charge in [-0.3, -0.25) is 4.79 Å². The van der Waals surface area contributed by atoms with Crippen molar-refractivity contribution >= 4 is 5.91 Å². The standard InChI is InChI=1S/C8H14N4O4/c13-2-8(3-14,4-15)11-7(16)1-12-6-9-5-10-12/h5-6,13-15H,1-4H2,(H,11,16). The summed E-state index contributed by atoms with van der Waals surface area (Å²) in [6.45, 7) is -1.75. The van der Waals surface area contributed by atoms with Crippen molar-refractivity contribution in [2.24, 2.45) is 0 Å². The maximum atomic E-state index is 11.5. The van der Waals surface area contributed by atoms with E-state index < -0.39 is 31.3 Å². The van der Waals surface area contributed by atoms with Crippen LogP contribution < -0.4 is 5.32 Å². The van der Waals surface area contributed by atoms with Gasteiger partial charge in [-0.1, -0.05) is 0 Å². The first kappa shape index (κ1) is 12.6. The van der Waals surface area contributed by atoms with Gasteiger partial charge in [-0.15, -0.1) is 0 Å². The lowest BCUT2D eigenvalue weighted by atomic mass is 10.0. The Kier molecular flexibility index (Phi) is 4.35. The lowest BCUT2D eigenvalue weighted by molar-refractivity contribution is -0.126. The Labute approximate surface area is 91.5 Å². The van der Waals surface area contributed by atoms with Crippen LogP contribution in [0.5, 0.6) is 0 Å². The number of aliphatic hydroxyl groups excluding tert-OH is 3. The van der Waals surface area contributed by atoms with Gasteiger partial charge < -0.3 is 20.6 Å². The lowest BCUT2D eigenvalue weighted by Gasteiger charge is -2.28. The summed E-state index contributed by atoms with van der Waals surface area (Å²) in [6.07, 6.45) is 2.64. The first-order valence-corrected chi connectivity index (χ1v) is 4.62. The van der Waals surface area contributed by atoms with Crippen molar-refractivity contribution in [2.45, 2.75) is 12.1 Å². The molecule has 8 heteroatoms. The third kappa shape index (κ3) is 2.99. The van der Waals surface area contributed by atoms with Crippen molar-refractivity contribution in [1.82, 2.24) is 20.1 Å². The van der Waals surface area contributed by atoms with Crippen molar-refractivity contribution < 1.29 is 20.1 Å². The Balaban J connectivity index is 2.55. The van der Waals surface area contributed by atoms with Gasteiger partial charge in [-0.2, -0.15) is 5.10 Å². The smallest absolute Gasteiger partial charge is 0.242 e. The SMILES string of the molecule is O=C(Cn1cncn1)NC(CO)(CO)CO. The summed E-state index contributed by atoms with van der Waals surface area (Å²) in [6, 6.07) is 0. The molecule has 1 aromatic heterocycles. The van der Waals surface area contributed by atoms with E-state index in [2.05, 4.69) is 15.4 Å². The molecule has 8 nitrogen and oxygen atoms in total. The fraction of sp³-hybridized carbons (Fsp3) is 0.625. The number of hydrogen-bond acceptors (Lipinski definition) is 6. The van der Waals surface area contributed by atoms with Gasteiger partial charge in [-0.25, -0.2) is 9.67 Å². The molecule has 0 aliphatic carbocycles. The molecular formula is C8H14N4O4. The maximum absolute atomic E-state index is 11.5. The van der Waals surface area contributed by atoms with Crippen LogP contribution in [0, 0.1) is 0 Å². The van der Waals surface area contributed by atoms with Crippen molar-refractivity contribution in [3.8, 4) is 0 Å². The second-order valence-electron chi connectivity index (χ2n) is 3.40. The average molecular weight is 230 g/mol. The quantitative estimate of drug-likeness (QED) is 0.416. The number of nitrogens with one attached hydrogen (secondary N) is 1. The van der Waals surface area contributed by atoms with Crippen LogP contribution in [0.1, 0.15) is 0 Å². The molecule has 4 N–H and O–H groups in total. The lowest BCUT2D eigenvalue weighted by Crippen LogP contribution is -2.57. The minimum Gasteiger partial charge on any atom is -0.394 e. The largest absolute Gasteiger partial charge is 0.394 e. The van der Waals surface area contributed by atoms with Gasteiger partial charge >= 0.3 is 0 Å². The highest BCUT2D eigenvalue weighted by atomic mass is 16.3. The summed E-state index contributed by atoms with van der Waals surface area (Å²) in [7, 11) is 0. The predicted molar refractivity (Wildman–Crippen MR) is 52.2 cm³/mol. The van der Waals surface area contributed by atoms with Crippen LogP contribution in [0.15, 0.2) is 12.7 Å². The molecule has 0 aliphatic rings. The number of nitrogens with zero attached hydrogens (tertiary/aromatic N) is 3. The Morgan fingerprint density at radius 3 is 2.38 bits per heavy atom. The summed E-state index contributed by atoms with van der Waals surface area (Å²) in [4.78, 5) is 15.1. The highest BCUT2D eigenvalue weighted by Gasteiger charge is 2.29. The van der Waals surface area contributed by atoms with Crippen LogP contribution in [0.4, 0.5) is 0 Å². The third-order valence-electron chi connectivity index (χ3n) is 2.08. The Morgan fingerprint density at radius 1 is 1.31 bits per heavy atom. The van der Waals surface area contributed by atoms with Gasteiger partial charge in [0.25, 0.3) is 0 Å². The summed E-state index contributed by atoms with van der Waals surface area (Å²) in [5.41, 5.74) is -1.41. The minimum atomic E-state index is -1.41. The van der Waals surface area contributed by atoms with E-state index in [9.17, 15) is 4.79 Å². The molecule has 0 saturated heterocycles. The molecule has 0 bridgehead atoms. The molecule has 16 heavy (non-hydrogen) atoms. The van der Waals surface area contributed by atoms with E-state index in [1.54, 1.807) is 0 Å². The zero-order chi connectivity index (χ0) is 12.0. The van der Waals surface area contributed by atoms with E-state index in [-0.39, 0.29) is 6.54 Å². The normalized spacial score (nSPS) is 11.4. The summed E-state index contributed by atoms with van der Waals surface area (Å²) in [5.74, 6) is -0.484. The van der Waals surface area contributed by atoms with Crippen LogP contribution in [0.2, 0.25) is 0 Å². The predicted octanol–water partition coefficient (Wildman–Crippen LogP) is -2.89. The molecule has 0 unspecified atom stereocenters. The van der Waals surface area contributed by atoms with Crippen molar-refractivity contribution in [3.63, 3.8) is 0 Å². The van der Waals surface area contributed by atoms with Crippen LogP contribution in [0.25, 0.3) is 0 Å². The number of carbonyl (C=O) groups is 1. The van der Waals surface area contributed by atoms with Gasteiger partial charge in [0, 0.05) is 0 Å². The topological polar surface area (TPSA) is 121 Å². The van der Waals surface area contributed by atoms with Gasteiger partial charge in [0.2, 0.25) is 5.91 Å². The fourth-order valence-corrected chi connectivity index (χ4v) is 1.07. The molecule has 1 amide bonds. The molecule has 0 radical (unpaired) electrons. The van der Waals surface area contributed by atoms with Crippen molar-refractivity contribution in [3.05, 3.63) is 12.7 Å². The first-order chi connectivity index (χ1) is 7.65. The zero-order valence-electron chi connectivity index (χ0n) is 8.57. The number of aliphatic hydroxyl groups is 3. The van der Waals surface area contributed by atoms with Gasteiger partial charge in [0.1, 0.15) is 24.7 Å². The fourth-order valence-electron chi connectivity index (χ4n) is 1.07. The molecule has 1 aromatic rings. The highest BCUT2D eigenvalue weighted by molar-refractivity contribution is 5.76. The molecule has 0 aliphatic heterocycles. The van der Waals surface area contributed by atoms with E-state index in [1.807, 2.05) is 0 Å². The summed E-state index contributed by atoms with van der Waals surface area (Å²) in [5, 5.41) is 33.0. The van der Waals surface area contributed by atoms with Crippen LogP contribution >= 0.6 is 0 Å². The monoisotopic (exact) mass is 230 g/mol. The van der Waals surface area contributed by atoms with Gasteiger partial charge in [0.05, 0.1) is 19.8 Å². The molecule has 0 atom stereocenters. The Hall–Kier alpha value is -1.51. The van der Waals surface area contributed by atoms with E-state index in [1.165, 1.54) is 17.3 Å². The molecular weight excluding hydrogens is 216 g/mol. The molecule has 1 rings (SSSR count). The molecule has 1 heterocycles. The second kappa shape index (κ2) is 5.54. The third-order valence-corrected chi connectivity index (χ3v) is 2.08. The van der Waals surface area contributed by atoms with Crippen LogP contribution in [-0.4, -0.2) is 61.4 Å². The number of carbonyl (C=O) groups excluding carboxylic acids is 1. The second-order valence-corrected chi connectivity index (χ2v) is 3.40. The van der Waals surface area contributed by atoms with Gasteiger partial charge in [-0.05, 0) is 0 Å². The molecule has 0 aromatic carbocycles. The number of hydrogen-bond donors (Lipinski definition) is 4. The molecule has 0 spiro atoms. The highest BCUT2D eigenvalue weighted by Crippen LogP contribution is 2.01.